The van der Waals surface area contributed by atoms with E-state index in [0.717, 1.165) is 11.8 Å². The Balaban J connectivity index is 2.23. The van der Waals surface area contributed by atoms with E-state index in [4.69, 9.17) is 5.73 Å². The lowest BCUT2D eigenvalue weighted by molar-refractivity contribution is 0.196. The van der Waals surface area contributed by atoms with Crippen molar-refractivity contribution in [2.75, 3.05) is 25.4 Å². The second-order valence-electron chi connectivity index (χ2n) is 4.92. The van der Waals surface area contributed by atoms with Crippen molar-refractivity contribution in [2.24, 2.45) is 5.73 Å². The summed E-state index contributed by atoms with van der Waals surface area (Å²) in [6.07, 6.45) is 6.74. The van der Waals surface area contributed by atoms with E-state index >= 15 is 0 Å². The first-order chi connectivity index (χ1) is 7.77. The van der Waals surface area contributed by atoms with Crippen LogP contribution in [-0.4, -0.2) is 41.6 Å². The van der Waals surface area contributed by atoms with E-state index in [1.807, 2.05) is 0 Å². The molecule has 0 spiro atoms. The summed E-state index contributed by atoms with van der Waals surface area (Å²) in [6, 6.07) is 0.639. The van der Waals surface area contributed by atoms with Crippen LogP contribution in [0.3, 0.4) is 0 Å². The van der Waals surface area contributed by atoms with Gasteiger partial charge in [-0.2, -0.15) is 11.8 Å². The minimum Gasteiger partial charge on any atom is -0.329 e. The van der Waals surface area contributed by atoms with E-state index in [0.29, 0.717) is 6.04 Å². The lowest BCUT2D eigenvalue weighted by Crippen LogP contribution is -2.47. The highest BCUT2D eigenvalue weighted by molar-refractivity contribution is 7.99. The SMILES string of the molecule is CCCCCCC(CN)N1CCSC(C)C1. The molecule has 1 saturated heterocycles. The molecule has 96 valence electrons. The van der Waals surface area contributed by atoms with Crippen LogP contribution in [0.5, 0.6) is 0 Å². The Labute approximate surface area is 105 Å². The molecule has 0 bridgehead atoms. The van der Waals surface area contributed by atoms with Gasteiger partial charge in [-0.15, -0.1) is 0 Å². The van der Waals surface area contributed by atoms with Gasteiger partial charge in [0.15, 0.2) is 0 Å². The van der Waals surface area contributed by atoms with Crippen molar-refractivity contribution >= 4 is 11.8 Å². The zero-order chi connectivity index (χ0) is 11.8. The molecule has 0 amide bonds. The molecule has 0 saturated carbocycles. The van der Waals surface area contributed by atoms with Gasteiger partial charge >= 0.3 is 0 Å². The van der Waals surface area contributed by atoms with Gasteiger partial charge in [0.05, 0.1) is 0 Å². The predicted octanol–water partition coefficient (Wildman–Crippen LogP) is 2.72. The van der Waals surface area contributed by atoms with E-state index in [-0.39, 0.29) is 0 Å². The van der Waals surface area contributed by atoms with Crippen molar-refractivity contribution in [1.29, 1.82) is 0 Å². The van der Waals surface area contributed by atoms with E-state index in [1.54, 1.807) is 0 Å². The summed E-state index contributed by atoms with van der Waals surface area (Å²) in [5.41, 5.74) is 5.92. The summed E-state index contributed by atoms with van der Waals surface area (Å²) in [5.74, 6) is 1.28. The fourth-order valence-corrected chi connectivity index (χ4v) is 3.47. The van der Waals surface area contributed by atoms with Crippen LogP contribution in [0.2, 0.25) is 0 Å². The summed E-state index contributed by atoms with van der Waals surface area (Å²) in [7, 11) is 0. The number of thioether (sulfide) groups is 1. The van der Waals surface area contributed by atoms with E-state index in [1.165, 1.54) is 50.9 Å². The molecule has 1 rings (SSSR count). The number of nitrogens with two attached hydrogens (primary N) is 1. The molecular formula is C13H28N2S. The fraction of sp³-hybridized carbons (Fsp3) is 1.00. The molecule has 2 unspecified atom stereocenters. The normalized spacial score (nSPS) is 24.6. The Hall–Kier alpha value is 0.270. The van der Waals surface area contributed by atoms with Crippen LogP contribution in [0.4, 0.5) is 0 Å². The van der Waals surface area contributed by atoms with E-state index < -0.39 is 0 Å². The molecule has 2 atom stereocenters. The third-order valence-electron chi connectivity index (χ3n) is 3.45. The van der Waals surface area contributed by atoms with Gasteiger partial charge in [0.25, 0.3) is 0 Å². The molecule has 0 aliphatic carbocycles. The van der Waals surface area contributed by atoms with Crippen molar-refractivity contribution in [1.82, 2.24) is 4.90 Å². The summed E-state index contributed by atoms with van der Waals surface area (Å²) in [5, 5.41) is 0.790. The maximum absolute atomic E-state index is 5.92. The quantitative estimate of drug-likeness (QED) is 0.698. The second kappa shape index (κ2) is 8.37. The minimum atomic E-state index is 0.639. The third kappa shape index (κ3) is 5.07. The van der Waals surface area contributed by atoms with Crippen molar-refractivity contribution in [2.45, 2.75) is 57.2 Å². The molecule has 1 heterocycles. The van der Waals surface area contributed by atoms with Crippen molar-refractivity contribution < 1.29 is 0 Å². The molecule has 1 aliphatic heterocycles. The highest BCUT2D eigenvalue weighted by Gasteiger charge is 2.22. The third-order valence-corrected chi connectivity index (χ3v) is 4.59. The summed E-state index contributed by atoms with van der Waals surface area (Å²) < 4.78 is 0. The Bertz CT molecular complexity index is 175. The monoisotopic (exact) mass is 244 g/mol. The molecule has 2 nitrogen and oxygen atoms in total. The minimum absolute atomic E-state index is 0.639. The predicted molar refractivity (Wildman–Crippen MR) is 75.1 cm³/mol. The second-order valence-corrected chi connectivity index (χ2v) is 6.46. The largest absolute Gasteiger partial charge is 0.329 e. The Morgan fingerprint density at radius 3 is 2.81 bits per heavy atom. The average Bonchev–Trinajstić information content (AvgIpc) is 2.29. The Morgan fingerprint density at radius 2 is 2.19 bits per heavy atom. The highest BCUT2D eigenvalue weighted by atomic mass is 32.2. The molecule has 2 N–H and O–H groups in total. The first kappa shape index (κ1) is 14.3. The topological polar surface area (TPSA) is 29.3 Å². The Morgan fingerprint density at radius 1 is 1.38 bits per heavy atom. The highest BCUT2D eigenvalue weighted by Crippen LogP contribution is 2.21. The first-order valence-corrected chi connectivity index (χ1v) is 7.88. The van der Waals surface area contributed by atoms with Crippen LogP contribution in [0.25, 0.3) is 0 Å². The van der Waals surface area contributed by atoms with Gasteiger partial charge in [0.1, 0.15) is 0 Å². The van der Waals surface area contributed by atoms with Gasteiger partial charge in [0.2, 0.25) is 0 Å². The molecule has 0 aromatic rings. The fourth-order valence-electron chi connectivity index (χ4n) is 2.43. The van der Waals surface area contributed by atoms with E-state index in [2.05, 4.69) is 30.5 Å². The molecule has 3 heteroatoms. The first-order valence-electron chi connectivity index (χ1n) is 6.83. The summed E-state index contributed by atoms with van der Waals surface area (Å²) in [6.45, 7) is 7.92. The van der Waals surface area contributed by atoms with Gasteiger partial charge in [-0.05, 0) is 6.42 Å². The zero-order valence-electron chi connectivity index (χ0n) is 11.0. The number of hydrogen-bond donors (Lipinski definition) is 1. The lowest BCUT2D eigenvalue weighted by Gasteiger charge is -2.36. The van der Waals surface area contributed by atoms with Crippen LogP contribution in [0.1, 0.15) is 46.0 Å². The van der Waals surface area contributed by atoms with Crippen molar-refractivity contribution in [3.8, 4) is 0 Å². The Kier molecular flexibility index (Phi) is 7.50. The van der Waals surface area contributed by atoms with Crippen LogP contribution in [-0.2, 0) is 0 Å². The molecule has 0 aromatic heterocycles. The van der Waals surface area contributed by atoms with Gasteiger partial charge in [-0.1, -0.05) is 39.5 Å². The van der Waals surface area contributed by atoms with Crippen molar-refractivity contribution in [3.05, 3.63) is 0 Å². The van der Waals surface area contributed by atoms with Crippen LogP contribution in [0, 0.1) is 0 Å². The average molecular weight is 244 g/mol. The molecule has 16 heavy (non-hydrogen) atoms. The lowest BCUT2D eigenvalue weighted by atomic mass is 10.1. The number of nitrogens with zero attached hydrogens (tertiary/aromatic N) is 1. The van der Waals surface area contributed by atoms with Crippen LogP contribution >= 0.6 is 11.8 Å². The summed E-state index contributed by atoms with van der Waals surface area (Å²) in [4.78, 5) is 2.62. The van der Waals surface area contributed by atoms with Crippen LogP contribution < -0.4 is 5.73 Å². The number of hydrogen-bond acceptors (Lipinski definition) is 3. The maximum Gasteiger partial charge on any atom is 0.0219 e. The van der Waals surface area contributed by atoms with Crippen molar-refractivity contribution in [3.63, 3.8) is 0 Å². The van der Waals surface area contributed by atoms with Gasteiger partial charge in [-0.25, -0.2) is 0 Å². The zero-order valence-corrected chi connectivity index (χ0v) is 11.8. The standard InChI is InChI=1S/C13H28N2S/c1-3-4-5-6-7-13(10-14)15-8-9-16-12(2)11-15/h12-13H,3-11,14H2,1-2H3. The number of rotatable bonds is 7. The molecule has 1 fully saturated rings. The van der Waals surface area contributed by atoms with Crippen LogP contribution in [0.15, 0.2) is 0 Å². The van der Waals surface area contributed by atoms with E-state index in [9.17, 15) is 0 Å². The van der Waals surface area contributed by atoms with Gasteiger partial charge < -0.3 is 5.73 Å². The molecule has 0 radical (unpaired) electrons. The molecule has 1 aliphatic rings. The molecule has 0 aromatic carbocycles. The smallest absolute Gasteiger partial charge is 0.0219 e. The maximum atomic E-state index is 5.92. The van der Waals surface area contributed by atoms with Gasteiger partial charge in [0, 0.05) is 36.7 Å². The molecular weight excluding hydrogens is 216 g/mol. The number of unbranched alkanes of at least 4 members (excludes halogenated alkanes) is 3. The summed E-state index contributed by atoms with van der Waals surface area (Å²) >= 11 is 2.10. The van der Waals surface area contributed by atoms with Gasteiger partial charge in [-0.3, -0.25) is 4.90 Å².